The molecule has 0 aliphatic heterocycles. The molecule has 17 heavy (non-hydrogen) atoms. The summed E-state index contributed by atoms with van der Waals surface area (Å²) in [6, 6.07) is 7.89. The summed E-state index contributed by atoms with van der Waals surface area (Å²) in [7, 11) is 0. The molecule has 0 unspecified atom stereocenters. The Balaban J connectivity index is 1.88. The second-order valence-electron chi connectivity index (χ2n) is 3.52. The van der Waals surface area contributed by atoms with Crippen LogP contribution in [0, 0.1) is 3.57 Å². The number of nitrogens with zero attached hydrogens (tertiary/aromatic N) is 2. The van der Waals surface area contributed by atoms with Gasteiger partial charge in [0.15, 0.2) is 0 Å². The van der Waals surface area contributed by atoms with Gasteiger partial charge in [-0.1, -0.05) is 23.7 Å². The predicted octanol–water partition coefficient (Wildman–Crippen LogP) is 3.39. The lowest BCUT2D eigenvalue weighted by Gasteiger charge is -2.06. The van der Waals surface area contributed by atoms with Gasteiger partial charge in [-0.3, -0.25) is 0 Å². The van der Waals surface area contributed by atoms with Crippen LogP contribution in [0.3, 0.4) is 0 Å². The first-order chi connectivity index (χ1) is 8.25. The summed E-state index contributed by atoms with van der Waals surface area (Å²) in [6.45, 7) is 0.842. The summed E-state index contributed by atoms with van der Waals surface area (Å²) in [5.74, 6) is 0.884. The number of hydrogen-bond acceptors (Lipinski definition) is 3. The molecule has 0 bridgehead atoms. The Morgan fingerprint density at radius 3 is 2.71 bits per heavy atom. The predicted molar refractivity (Wildman–Crippen MR) is 78.4 cm³/mol. The molecule has 0 spiro atoms. The first kappa shape index (κ1) is 12.6. The second kappa shape index (κ2) is 6.16. The minimum absolute atomic E-state index is 0.770. The first-order valence-corrected chi connectivity index (χ1v) is 6.65. The van der Waals surface area contributed by atoms with Crippen LogP contribution in [-0.2, 0) is 6.42 Å². The third-order valence-electron chi connectivity index (χ3n) is 2.29. The van der Waals surface area contributed by atoms with Crippen LogP contribution >= 0.6 is 34.2 Å². The van der Waals surface area contributed by atoms with Crippen LogP contribution in [0.25, 0.3) is 0 Å². The number of halogens is 2. The fourth-order valence-corrected chi connectivity index (χ4v) is 2.04. The molecule has 1 aromatic heterocycles. The molecule has 0 saturated heterocycles. The van der Waals surface area contributed by atoms with Gasteiger partial charge in [0.2, 0.25) is 0 Å². The molecule has 2 aromatic rings. The zero-order valence-corrected chi connectivity index (χ0v) is 11.9. The Hall–Kier alpha value is -0.880. The van der Waals surface area contributed by atoms with Crippen molar-refractivity contribution in [1.82, 2.24) is 9.97 Å². The van der Waals surface area contributed by atoms with Gasteiger partial charge in [-0.2, -0.15) is 0 Å². The molecule has 1 aromatic carbocycles. The molecule has 88 valence electrons. The van der Waals surface area contributed by atoms with Crippen molar-refractivity contribution in [2.24, 2.45) is 0 Å². The van der Waals surface area contributed by atoms with Crippen LogP contribution in [0.1, 0.15) is 5.56 Å². The van der Waals surface area contributed by atoms with E-state index >= 15 is 0 Å². The maximum atomic E-state index is 5.83. The van der Waals surface area contributed by atoms with Gasteiger partial charge in [0.1, 0.15) is 12.1 Å². The molecule has 0 aliphatic rings. The normalized spacial score (nSPS) is 10.2. The molecule has 1 heterocycles. The summed E-state index contributed by atoms with van der Waals surface area (Å²) < 4.78 is 1.03. The van der Waals surface area contributed by atoms with Crippen molar-refractivity contribution in [3.63, 3.8) is 0 Å². The van der Waals surface area contributed by atoms with Crippen molar-refractivity contribution < 1.29 is 0 Å². The molecular formula is C12H11ClIN3. The summed E-state index contributed by atoms with van der Waals surface area (Å²) in [5.41, 5.74) is 1.26. The van der Waals surface area contributed by atoms with Crippen LogP contribution in [0.4, 0.5) is 5.82 Å². The maximum absolute atomic E-state index is 5.83. The standard InChI is InChI=1S/C12H11ClIN3/c13-10-3-1-9(2-4-10)5-6-16-12-11(14)7-15-8-17-12/h1-4,7-8H,5-6H2,(H,15,16,17). The van der Waals surface area contributed by atoms with E-state index in [1.165, 1.54) is 5.56 Å². The highest BCUT2D eigenvalue weighted by Crippen LogP contribution is 2.13. The third-order valence-corrected chi connectivity index (χ3v) is 3.33. The van der Waals surface area contributed by atoms with E-state index in [4.69, 9.17) is 11.6 Å². The zero-order chi connectivity index (χ0) is 12.1. The fraction of sp³-hybridized carbons (Fsp3) is 0.167. The minimum Gasteiger partial charge on any atom is -0.369 e. The number of benzene rings is 1. The third kappa shape index (κ3) is 3.81. The van der Waals surface area contributed by atoms with E-state index in [0.29, 0.717) is 0 Å². The van der Waals surface area contributed by atoms with Crippen molar-refractivity contribution in [2.75, 3.05) is 11.9 Å². The fourth-order valence-electron chi connectivity index (χ4n) is 1.42. The van der Waals surface area contributed by atoms with Gasteiger partial charge in [-0.15, -0.1) is 0 Å². The monoisotopic (exact) mass is 359 g/mol. The van der Waals surface area contributed by atoms with E-state index in [1.54, 1.807) is 12.5 Å². The van der Waals surface area contributed by atoms with Crippen molar-refractivity contribution in [3.05, 3.63) is 50.9 Å². The maximum Gasteiger partial charge on any atom is 0.142 e. The topological polar surface area (TPSA) is 37.8 Å². The zero-order valence-electron chi connectivity index (χ0n) is 9.03. The molecule has 0 fully saturated rings. The Morgan fingerprint density at radius 2 is 2.00 bits per heavy atom. The van der Waals surface area contributed by atoms with Crippen molar-refractivity contribution >= 4 is 40.0 Å². The Labute approximate surface area is 119 Å². The molecule has 3 nitrogen and oxygen atoms in total. The Kier molecular flexibility index (Phi) is 4.56. The van der Waals surface area contributed by atoms with Gasteiger partial charge in [0, 0.05) is 17.8 Å². The second-order valence-corrected chi connectivity index (χ2v) is 5.12. The van der Waals surface area contributed by atoms with E-state index < -0.39 is 0 Å². The molecule has 0 aliphatic carbocycles. The SMILES string of the molecule is Clc1ccc(CCNc2ncncc2I)cc1. The van der Waals surface area contributed by atoms with Crippen LogP contribution in [-0.4, -0.2) is 16.5 Å². The number of rotatable bonds is 4. The van der Waals surface area contributed by atoms with Crippen LogP contribution in [0.2, 0.25) is 5.02 Å². The Morgan fingerprint density at radius 1 is 1.24 bits per heavy atom. The lowest BCUT2D eigenvalue weighted by atomic mass is 10.1. The van der Waals surface area contributed by atoms with E-state index in [-0.39, 0.29) is 0 Å². The van der Waals surface area contributed by atoms with Gasteiger partial charge in [0.05, 0.1) is 3.57 Å². The number of hydrogen-bond donors (Lipinski definition) is 1. The highest BCUT2D eigenvalue weighted by atomic mass is 127. The van der Waals surface area contributed by atoms with Crippen LogP contribution in [0.15, 0.2) is 36.8 Å². The van der Waals surface area contributed by atoms with Gasteiger partial charge < -0.3 is 5.32 Å². The highest BCUT2D eigenvalue weighted by molar-refractivity contribution is 14.1. The largest absolute Gasteiger partial charge is 0.369 e. The molecular weight excluding hydrogens is 349 g/mol. The van der Waals surface area contributed by atoms with E-state index in [9.17, 15) is 0 Å². The first-order valence-electron chi connectivity index (χ1n) is 5.19. The quantitative estimate of drug-likeness (QED) is 0.850. The van der Waals surface area contributed by atoms with E-state index in [1.807, 2.05) is 24.3 Å². The molecule has 0 radical (unpaired) electrons. The summed E-state index contributed by atoms with van der Waals surface area (Å²) in [4.78, 5) is 8.12. The van der Waals surface area contributed by atoms with Crippen molar-refractivity contribution in [3.8, 4) is 0 Å². The summed E-state index contributed by atoms with van der Waals surface area (Å²) in [6.07, 6.45) is 4.28. The van der Waals surface area contributed by atoms with Crippen LogP contribution < -0.4 is 5.32 Å². The average Bonchev–Trinajstić information content (AvgIpc) is 2.34. The summed E-state index contributed by atoms with van der Waals surface area (Å²) in [5, 5.41) is 4.05. The van der Waals surface area contributed by atoms with Gasteiger partial charge in [-0.25, -0.2) is 9.97 Å². The molecule has 0 saturated carbocycles. The molecule has 0 atom stereocenters. The van der Waals surface area contributed by atoms with Gasteiger partial charge >= 0.3 is 0 Å². The number of anilines is 1. The van der Waals surface area contributed by atoms with E-state index in [2.05, 4.69) is 37.9 Å². The summed E-state index contributed by atoms with van der Waals surface area (Å²) >= 11 is 8.04. The smallest absolute Gasteiger partial charge is 0.142 e. The van der Waals surface area contributed by atoms with E-state index in [0.717, 1.165) is 27.4 Å². The lowest BCUT2D eigenvalue weighted by Crippen LogP contribution is -2.07. The van der Waals surface area contributed by atoms with Gasteiger partial charge in [0.25, 0.3) is 0 Å². The lowest BCUT2D eigenvalue weighted by molar-refractivity contribution is 0.995. The molecule has 2 rings (SSSR count). The average molecular weight is 360 g/mol. The number of aromatic nitrogens is 2. The highest BCUT2D eigenvalue weighted by Gasteiger charge is 1.99. The number of nitrogens with one attached hydrogen (secondary N) is 1. The molecule has 1 N–H and O–H groups in total. The van der Waals surface area contributed by atoms with Crippen LogP contribution in [0.5, 0.6) is 0 Å². The molecule has 5 heteroatoms. The Bertz CT molecular complexity index is 487. The molecule has 0 amide bonds. The van der Waals surface area contributed by atoms with Crippen molar-refractivity contribution in [1.29, 1.82) is 0 Å². The van der Waals surface area contributed by atoms with Crippen molar-refractivity contribution in [2.45, 2.75) is 6.42 Å². The van der Waals surface area contributed by atoms with Gasteiger partial charge in [-0.05, 0) is 46.7 Å². The minimum atomic E-state index is 0.770.